The smallest absolute Gasteiger partial charge is 0.160 e. The summed E-state index contributed by atoms with van der Waals surface area (Å²) in [5, 5.41) is 1.05. The van der Waals surface area contributed by atoms with Gasteiger partial charge in [0.25, 0.3) is 0 Å². The Kier molecular flexibility index (Phi) is 4.32. The molecule has 2 aromatic carbocycles. The van der Waals surface area contributed by atoms with Crippen molar-refractivity contribution in [3.63, 3.8) is 0 Å². The average Bonchev–Trinajstić information content (AvgIpc) is 2.39. The monoisotopic (exact) mass is 280 g/mol. The lowest BCUT2D eigenvalue weighted by Crippen LogP contribution is -1.96. The minimum atomic E-state index is -4.22. The summed E-state index contributed by atoms with van der Waals surface area (Å²) in [7, 11) is 0. The molecule has 0 unspecified atom stereocenters. The van der Waals surface area contributed by atoms with Crippen molar-refractivity contribution in [2.75, 3.05) is 0 Å². The van der Waals surface area contributed by atoms with Gasteiger partial charge in [0, 0.05) is 0 Å². The molecule has 0 fully saturated rings. The first-order chi connectivity index (χ1) is 9.04. The van der Waals surface area contributed by atoms with Gasteiger partial charge in [-0.05, 0) is 39.9 Å². The van der Waals surface area contributed by atoms with E-state index < -0.39 is 5.51 Å². The second-order valence-electron chi connectivity index (χ2n) is 3.85. The molecule has 2 aromatic rings. The normalized spacial score (nSPS) is 11.9. The lowest BCUT2D eigenvalue weighted by molar-refractivity contribution is -0.0319. The van der Waals surface area contributed by atoms with Crippen LogP contribution in [0.5, 0.6) is 0 Å². The highest BCUT2D eigenvalue weighted by molar-refractivity contribution is 8.03. The molecule has 0 radical (unpaired) electrons. The van der Waals surface area contributed by atoms with Crippen LogP contribution >= 0.6 is 11.8 Å². The van der Waals surface area contributed by atoms with Crippen LogP contribution in [0.1, 0.15) is 5.56 Å². The maximum atomic E-state index is 12.0. The average molecular weight is 280 g/mol. The third kappa shape index (κ3) is 4.48. The van der Waals surface area contributed by atoms with Gasteiger partial charge in [-0.15, -0.1) is 0 Å². The standard InChI is InChI=1S/C15H11F3S/c16-15(17,18)19-11-10-12-6-8-14(9-7-12)13-4-2-1-3-5-13/h1-11H/b11-10+. The van der Waals surface area contributed by atoms with Crippen molar-refractivity contribution < 1.29 is 13.2 Å². The highest BCUT2D eigenvalue weighted by Crippen LogP contribution is 2.31. The quantitative estimate of drug-likeness (QED) is 0.707. The number of hydrogen-bond donors (Lipinski definition) is 0. The highest BCUT2D eigenvalue weighted by Gasteiger charge is 2.26. The summed E-state index contributed by atoms with van der Waals surface area (Å²) in [6.45, 7) is 0. The molecule has 0 aliphatic rings. The van der Waals surface area contributed by atoms with E-state index in [9.17, 15) is 13.2 Å². The molecule has 0 bridgehead atoms. The molecule has 19 heavy (non-hydrogen) atoms. The SMILES string of the molecule is FC(F)(F)S/C=C/c1ccc(-c2ccccc2)cc1. The fourth-order valence-electron chi connectivity index (χ4n) is 1.61. The molecule has 0 amide bonds. The van der Waals surface area contributed by atoms with Crippen LogP contribution in [-0.4, -0.2) is 5.51 Å². The Morgan fingerprint density at radius 1 is 0.789 bits per heavy atom. The number of hydrogen-bond acceptors (Lipinski definition) is 1. The van der Waals surface area contributed by atoms with E-state index in [2.05, 4.69) is 0 Å². The van der Waals surface area contributed by atoms with E-state index in [1.54, 1.807) is 12.1 Å². The third-order valence-corrected chi connectivity index (χ3v) is 3.02. The first-order valence-corrected chi connectivity index (χ1v) is 6.49. The summed E-state index contributed by atoms with van der Waals surface area (Å²) in [4.78, 5) is 0. The van der Waals surface area contributed by atoms with Gasteiger partial charge in [-0.1, -0.05) is 54.6 Å². The molecule has 4 heteroatoms. The van der Waals surface area contributed by atoms with Crippen molar-refractivity contribution in [3.8, 4) is 11.1 Å². The second kappa shape index (κ2) is 5.97. The zero-order chi connectivity index (χ0) is 13.7. The molecule has 0 nitrogen and oxygen atoms in total. The summed E-state index contributed by atoms with van der Waals surface area (Å²) >= 11 is -0.152. The van der Waals surface area contributed by atoms with E-state index in [4.69, 9.17) is 0 Å². The van der Waals surface area contributed by atoms with Gasteiger partial charge in [0.2, 0.25) is 0 Å². The topological polar surface area (TPSA) is 0 Å². The molecule has 0 atom stereocenters. The Balaban J connectivity index is 2.07. The van der Waals surface area contributed by atoms with Crippen LogP contribution in [0.15, 0.2) is 60.0 Å². The maximum Gasteiger partial charge on any atom is 0.445 e. The Morgan fingerprint density at radius 2 is 1.37 bits per heavy atom. The number of alkyl halides is 3. The summed E-state index contributed by atoms with van der Waals surface area (Å²) < 4.78 is 35.9. The predicted molar refractivity (Wildman–Crippen MR) is 74.6 cm³/mol. The van der Waals surface area contributed by atoms with Crippen molar-refractivity contribution in [2.24, 2.45) is 0 Å². The maximum absolute atomic E-state index is 12.0. The van der Waals surface area contributed by atoms with Crippen molar-refractivity contribution in [1.29, 1.82) is 0 Å². The molecule has 0 spiro atoms. The molecular formula is C15H11F3S. The van der Waals surface area contributed by atoms with E-state index in [0.717, 1.165) is 22.1 Å². The minimum Gasteiger partial charge on any atom is -0.160 e. The Bertz CT molecular complexity index is 542. The van der Waals surface area contributed by atoms with Gasteiger partial charge in [-0.3, -0.25) is 0 Å². The molecular weight excluding hydrogens is 269 g/mol. The summed E-state index contributed by atoms with van der Waals surface area (Å²) in [5.74, 6) is 0. The Morgan fingerprint density at radius 3 is 1.95 bits per heavy atom. The summed E-state index contributed by atoms with van der Waals surface area (Å²) in [6.07, 6.45) is 1.45. The fourth-order valence-corrected chi connectivity index (χ4v) is 1.99. The zero-order valence-electron chi connectivity index (χ0n) is 9.89. The lowest BCUT2D eigenvalue weighted by Gasteiger charge is -2.02. The number of thioether (sulfide) groups is 1. The van der Waals surface area contributed by atoms with Crippen molar-refractivity contribution in [2.45, 2.75) is 5.51 Å². The molecule has 0 aliphatic heterocycles. The molecule has 2 rings (SSSR count). The largest absolute Gasteiger partial charge is 0.445 e. The molecule has 0 saturated carbocycles. The minimum absolute atomic E-state index is 0.152. The number of rotatable bonds is 3. The molecule has 0 heterocycles. The highest BCUT2D eigenvalue weighted by atomic mass is 32.2. The second-order valence-corrected chi connectivity index (χ2v) is 4.83. The van der Waals surface area contributed by atoms with E-state index in [1.807, 2.05) is 42.5 Å². The summed E-state index contributed by atoms with van der Waals surface area (Å²) in [6, 6.07) is 17.2. The van der Waals surface area contributed by atoms with Gasteiger partial charge >= 0.3 is 5.51 Å². The zero-order valence-corrected chi connectivity index (χ0v) is 10.7. The van der Waals surface area contributed by atoms with Crippen molar-refractivity contribution >= 4 is 17.8 Å². The van der Waals surface area contributed by atoms with Crippen LogP contribution in [0.3, 0.4) is 0 Å². The lowest BCUT2D eigenvalue weighted by atomic mass is 10.0. The van der Waals surface area contributed by atoms with E-state index in [1.165, 1.54) is 6.08 Å². The number of benzene rings is 2. The van der Waals surface area contributed by atoms with E-state index >= 15 is 0 Å². The first kappa shape index (κ1) is 13.7. The molecule has 0 aliphatic carbocycles. The molecule has 0 aromatic heterocycles. The number of halogens is 3. The first-order valence-electron chi connectivity index (χ1n) is 5.61. The van der Waals surface area contributed by atoms with Gasteiger partial charge in [-0.25, -0.2) is 0 Å². The molecule has 0 saturated heterocycles. The fraction of sp³-hybridized carbons (Fsp3) is 0.0667. The van der Waals surface area contributed by atoms with Gasteiger partial charge in [0.1, 0.15) is 0 Å². The summed E-state index contributed by atoms with van der Waals surface area (Å²) in [5.41, 5.74) is -1.35. The molecule has 98 valence electrons. The van der Waals surface area contributed by atoms with Crippen LogP contribution in [0.4, 0.5) is 13.2 Å². The molecule has 0 N–H and O–H groups in total. The van der Waals surface area contributed by atoms with Crippen LogP contribution in [0.2, 0.25) is 0 Å². The van der Waals surface area contributed by atoms with Gasteiger partial charge < -0.3 is 0 Å². The van der Waals surface area contributed by atoms with Gasteiger partial charge in [-0.2, -0.15) is 13.2 Å². The van der Waals surface area contributed by atoms with Crippen LogP contribution < -0.4 is 0 Å². The third-order valence-electron chi connectivity index (χ3n) is 2.48. The van der Waals surface area contributed by atoms with Crippen LogP contribution in [0.25, 0.3) is 17.2 Å². The Labute approximate surface area is 114 Å². The van der Waals surface area contributed by atoms with E-state index in [-0.39, 0.29) is 11.8 Å². The van der Waals surface area contributed by atoms with Crippen molar-refractivity contribution in [3.05, 3.63) is 65.6 Å². The Hall–Kier alpha value is -1.68. The predicted octanol–water partition coefficient (Wildman–Crippen LogP) is 5.58. The van der Waals surface area contributed by atoms with Crippen LogP contribution in [0, 0.1) is 0 Å². The van der Waals surface area contributed by atoms with Gasteiger partial charge in [0.05, 0.1) is 0 Å². The van der Waals surface area contributed by atoms with Crippen LogP contribution in [-0.2, 0) is 0 Å². The van der Waals surface area contributed by atoms with E-state index in [0.29, 0.717) is 0 Å². The van der Waals surface area contributed by atoms with Gasteiger partial charge in [0.15, 0.2) is 0 Å². The van der Waals surface area contributed by atoms with Crippen molar-refractivity contribution in [1.82, 2.24) is 0 Å².